The molecule has 0 aromatic rings. The summed E-state index contributed by atoms with van der Waals surface area (Å²) in [5.74, 6) is 0.124. The lowest BCUT2D eigenvalue weighted by molar-refractivity contribution is 0.0354. The minimum Gasteiger partial charge on any atom is -0.379 e. The van der Waals surface area contributed by atoms with Gasteiger partial charge in [-0.3, -0.25) is 4.90 Å². The van der Waals surface area contributed by atoms with Gasteiger partial charge in [0.2, 0.25) is 10.0 Å². The second-order valence-electron chi connectivity index (χ2n) is 5.36. The minimum atomic E-state index is -3.20. The Bertz CT molecular complexity index is 340. The van der Waals surface area contributed by atoms with Crippen molar-refractivity contribution in [3.63, 3.8) is 0 Å². The van der Waals surface area contributed by atoms with E-state index in [4.69, 9.17) is 4.74 Å². The van der Waals surface area contributed by atoms with Crippen molar-refractivity contribution in [3.05, 3.63) is 0 Å². The van der Waals surface area contributed by atoms with Gasteiger partial charge >= 0.3 is 0 Å². The summed E-state index contributed by atoms with van der Waals surface area (Å²) in [6.07, 6.45) is 0. The molecule has 0 bridgehead atoms. The lowest BCUT2D eigenvalue weighted by atomic mass is 10.3. The number of hydrogen-bond donors (Lipinski definition) is 2. The van der Waals surface area contributed by atoms with Crippen molar-refractivity contribution >= 4 is 10.0 Å². The predicted octanol–water partition coefficient (Wildman–Crippen LogP) is -0.375. The first-order valence-corrected chi connectivity index (χ1v) is 8.58. The van der Waals surface area contributed by atoms with E-state index in [9.17, 15) is 8.42 Å². The molecule has 1 heterocycles. The highest BCUT2D eigenvalue weighted by molar-refractivity contribution is 7.89. The second kappa shape index (κ2) is 8.16. The fourth-order valence-corrected chi connectivity index (χ4v) is 3.25. The average Bonchev–Trinajstić information content (AvgIpc) is 2.28. The third-order valence-corrected chi connectivity index (χ3v) is 4.44. The molecule has 0 aliphatic carbocycles. The van der Waals surface area contributed by atoms with E-state index in [2.05, 4.69) is 14.9 Å². The molecule has 1 atom stereocenters. The smallest absolute Gasteiger partial charge is 0.213 e. The third kappa shape index (κ3) is 7.84. The normalized spacial score (nSPS) is 19.8. The molecule has 1 fully saturated rings. The standard InChI is InChI=1S/C12H27N3O3S/c1-11(2)13-4-9-19(16,17)14-12(3)10-15-5-7-18-8-6-15/h11-14H,4-10H2,1-3H3. The lowest BCUT2D eigenvalue weighted by Crippen LogP contribution is -2.47. The highest BCUT2D eigenvalue weighted by Gasteiger charge is 2.18. The van der Waals surface area contributed by atoms with Gasteiger partial charge in [0, 0.05) is 38.3 Å². The Hall–Kier alpha value is -0.210. The number of sulfonamides is 1. The maximum Gasteiger partial charge on any atom is 0.213 e. The van der Waals surface area contributed by atoms with Crippen LogP contribution in [-0.2, 0) is 14.8 Å². The van der Waals surface area contributed by atoms with E-state index in [0.717, 1.165) is 32.8 Å². The van der Waals surface area contributed by atoms with E-state index in [1.54, 1.807) is 0 Å². The van der Waals surface area contributed by atoms with Gasteiger partial charge in [0.05, 0.1) is 19.0 Å². The second-order valence-corrected chi connectivity index (χ2v) is 7.23. The summed E-state index contributed by atoms with van der Waals surface area (Å²) >= 11 is 0. The SMILES string of the molecule is CC(C)NCCS(=O)(=O)NC(C)CN1CCOCC1. The molecule has 6 nitrogen and oxygen atoms in total. The number of nitrogens with zero attached hydrogens (tertiary/aromatic N) is 1. The van der Waals surface area contributed by atoms with Gasteiger partial charge in [0.25, 0.3) is 0 Å². The van der Waals surface area contributed by atoms with Crippen LogP contribution in [0, 0.1) is 0 Å². The molecule has 1 aliphatic rings. The van der Waals surface area contributed by atoms with Crippen LogP contribution in [0.3, 0.4) is 0 Å². The van der Waals surface area contributed by atoms with E-state index in [1.807, 2.05) is 20.8 Å². The van der Waals surface area contributed by atoms with Crippen LogP contribution in [0.25, 0.3) is 0 Å². The molecule has 19 heavy (non-hydrogen) atoms. The van der Waals surface area contributed by atoms with Crippen LogP contribution >= 0.6 is 0 Å². The summed E-state index contributed by atoms with van der Waals surface area (Å²) in [4.78, 5) is 2.23. The van der Waals surface area contributed by atoms with Gasteiger partial charge in [-0.15, -0.1) is 0 Å². The Balaban J connectivity index is 2.26. The molecule has 0 saturated carbocycles. The zero-order valence-corrected chi connectivity index (χ0v) is 13.0. The fourth-order valence-electron chi connectivity index (χ4n) is 2.06. The van der Waals surface area contributed by atoms with Gasteiger partial charge in [-0.25, -0.2) is 13.1 Å². The topological polar surface area (TPSA) is 70.7 Å². The quantitative estimate of drug-likeness (QED) is 0.639. The van der Waals surface area contributed by atoms with Gasteiger partial charge < -0.3 is 10.1 Å². The van der Waals surface area contributed by atoms with E-state index < -0.39 is 10.0 Å². The summed E-state index contributed by atoms with van der Waals surface area (Å²) in [6.45, 7) is 10.3. The molecule has 0 radical (unpaired) electrons. The molecule has 1 saturated heterocycles. The Morgan fingerprint density at radius 1 is 1.21 bits per heavy atom. The van der Waals surface area contributed by atoms with Crippen molar-refractivity contribution < 1.29 is 13.2 Å². The van der Waals surface area contributed by atoms with E-state index in [0.29, 0.717) is 12.6 Å². The van der Waals surface area contributed by atoms with Crippen molar-refractivity contribution in [1.82, 2.24) is 14.9 Å². The Morgan fingerprint density at radius 3 is 2.42 bits per heavy atom. The Kier molecular flexibility index (Phi) is 7.23. The summed E-state index contributed by atoms with van der Waals surface area (Å²) in [7, 11) is -3.20. The molecule has 2 N–H and O–H groups in total. The fraction of sp³-hybridized carbons (Fsp3) is 1.00. The Morgan fingerprint density at radius 2 is 1.84 bits per heavy atom. The Labute approximate surface area is 116 Å². The molecule has 1 aliphatic heterocycles. The van der Waals surface area contributed by atoms with Crippen LogP contribution in [0.1, 0.15) is 20.8 Å². The van der Waals surface area contributed by atoms with Crippen molar-refractivity contribution in [1.29, 1.82) is 0 Å². The molecule has 0 aromatic heterocycles. The predicted molar refractivity (Wildman–Crippen MR) is 76.8 cm³/mol. The lowest BCUT2D eigenvalue weighted by Gasteiger charge is -2.29. The first-order chi connectivity index (χ1) is 8.89. The van der Waals surface area contributed by atoms with Crippen LogP contribution in [0.2, 0.25) is 0 Å². The monoisotopic (exact) mass is 293 g/mol. The molecular weight excluding hydrogens is 266 g/mol. The van der Waals surface area contributed by atoms with Crippen molar-refractivity contribution in [2.24, 2.45) is 0 Å². The number of hydrogen-bond acceptors (Lipinski definition) is 5. The van der Waals surface area contributed by atoms with Gasteiger partial charge in [-0.2, -0.15) is 0 Å². The maximum atomic E-state index is 11.9. The maximum absolute atomic E-state index is 11.9. The van der Waals surface area contributed by atoms with Gasteiger partial charge in [-0.05, 0) is 6.92 Å². The summed E-state index contributed by atoms with van der Waals surface area (Å²) in [5.41, 5.74) is 0. The summed E-state index contributed by atoms with van der Waals surface area (Å²) < 4.78 is 31.7. The largest absolute Gasteiger partial charge is 0.379 e. The van der Waals surface area contributed by atoms with Crippen molar-refractivity contribution in [3.8, 4) is 0 Å². The summed E-state index contributed by atoms with van der Waals surface area (Å²) in [6, 6.07) is 0.239. The molecule has 0 spiro atoms. The molecule has 0 amide bonds. The van der Waals surface area contributed by atoms with Crippen LogP contribution in [0.15, 0.2) is 0 Å². The average molecular weight is 293 g/mol. The molecule has 7 heteroatoms. The first-order valence-electron chi connectivity index (χ1n) is 6.92. The minimum absolute atomic E-state index is 0.0675. The van der Waals surface area contributed by atoms with Gasteiger partial charge in [0.1, 0.15) is 0 Å². The zero-order chi connectivity index (χ0) is 14.3. The first kappa shape index (κ1) is 16.8. The highest BCUT2D eigenvalue weighted by atomic mass is 32.2. The number of rotatable bonds is 8. The molecular formula is C12H27N3O3S. The zero-order valence-electron chi connectivity index (χ0n) is 12.2. The third-order valence-electron chi connectivity index (χ3n) is 2.94. The van der Waals surface area contributed by atoms with Crippen molar-refractivity contribution in [2.45, 2.75) is 32.9 Å². The molecule has 1 unspecified atom stereocenters. The van der Waals surface area contributed by atoms with E-state index in [-0.39, 0.29) is 11.8 Å². The molecule has 114 valence electrons. The van der Waals surface area contributed by atoms with Crippen LogP contribution in [-0.4, -0.2) is 70.5 Å². The highest BCUT2D eigenvalue weighted by Crippen LogP contribution is 1.99. The van der Waals surface area contributed by atoms with Crippen LogP contribution in [0.5, 0.6) is 0 Å². The molecule has 0 aromatic carbocycles. The van der Waals surface area contributed by atoms with E-state index in [1.165, 1.54) is 0 Å². The molecule has 1 rings (SSSR count). The van der Waals surface area contributed by atoms with Crippen LogP contribution in [0.4, 0.5) is 0 Å². The number of morpholine rings is 1. The van der Waals surface area contributed by atoms with Gasteiger partial charge in [-0.1, -0.05) is 13.8 Å². The van der Waals surface area contributed by atoms with E-state index >= 15 is 0 Å². The number of ether oxygens (including phenoxy) is 1. The summed E-state index contributed by atoms with van der Waals surface area (Å²) in [5, 5.41) is 3.11. The van der Waals surface area contributed by atoms with Crippen LogP contribution < -0.4 is 10.0 Å². The van der Waals surface area contributed by atoms with Crippen molar-refractivity contribution in [2.75, 3.05) is 45.1 Å². The number of nitrogens with one attached hydrogen (secondary N) is 2. The van der Waals surface area contributed by atoms with Gasteiger partial charge in [0.15, 0.2) is 0 Å².